The maximum Gasteiger partial charge on any atom is 0.161 e. The van der Waals surface area contributed by atoms with E-state index in [0.29, 0.717) is 12.0 Å². The van der Waals surface area contributed by atoms with E-state index < -0.39 is 0 Å². The first-order valence-electron chi connectivity index (χ1n) is 9.36. The van der Waals surface area contributed by atoms with Gasteiger partial charge in [0.15, 0.2) is 5.82 Å². The molecular formula is C21H25N5. The summed E-state index contributed by atoms with van der Waals surface area (Å²) >= 11 is 0. The van der Waals surface area contributed by atoms with E-state index in [1.165, 1.54) is 12.0 Å². The number of hydrogen-bond acceptors (Lipinski definition) is 4. The first-order valence-corrected chi connectivity index (χ1v) is 9.36. The number of hydrogen-bond donors (Lipinski definition) is 0. The molecule has 1 unspecified atom stereocenters. The van der Waals surface area contributed by atoms with Crippen LogP contribution in [0, 0.1) is 0 Å². The van der Waals surface area contributed by atoms with Crippen molar-refractivity contribution in [3.05, 3.63) is 72.2 Å². The van der Waals surface area contributed by atoms with E-state index in [0.717, 1.165) is 36.8 Å². The molecule has 1 aliphatic heterocycles. The summed E-state index contributed by atoms with van der Waals surface area (Å²) in [6, 6.07) is 11.0. The normalized spacial score (nSPS) is 17.9. The molecule has 1 aromatic carbocycles. The quantitative estimate of drug-likeness (QED) is 0.696. The van der Waals surface area contributed by atoms with Crippen molar-refractivity contribution in [3.63, 3.8) is 0 Å². The molecule has 26 heavy (non-hydrogen) atoms. The fourth-order valence-electron chi connectivity index (χ4n) is 3.83. The summed E-state index contributed by atoms with van der Waals surface area (Å²) in [6.45, 7) is 6.36. The molecule has 5 heteroatoms. The molecule has 0 N–H and O–H groups in total. The number of aromatic nitrogens is 4. The number of imidazole rings is 1. The van der Waals surface area contributed by atoms with E-state index >= 15 is 0 Å². The molecule has 4 rings (SSSR count). The van der Waals surface area contributed by atoms with Gasteiger partial charge >= 0.3 is 0 Å². The lowest BCUT2D eigenvalue weighted by atomic mass is 10.1. The van der Waals surface area contributed by atoms with Crippen molar-refractivity contribution in [2.75, 3.05) is 6.54 Å². The lowest BCUT2D eigenvalue weighted by Gasteiger charge is -2.25. The molecular weight excluding hydrogens is 322 g/mol. The predicted molar refractivity (Wildman–Crippen MR) is 102 cm³/mol. The third-order valence-corrected chi connectivity index (χ3v) is 5.03. The minimum atomic E-state index is 0.293. The summed E-state index contributed by atoms with van der Waals surface area (Å²) in [5.41, 5.74) is 2.40. The highest BCUT2D eigenvalue weighted by Crippen LogP contribution is 2.34. The average molecular weight is 347 g/mol. The second-order valence-corrected chi connectivity index (χ2v) is 7.19. The van der Waals surface area contributed by atoms with Crippen LogP contribution in [0.4, 0.5) is 0 Å². The van der Waals surface area contributed by atoms with Gasteiger partial charge in [-0.15, -0.1) is 0 Å². The van der Waals surface area contributed by atoms with Gasteiger partial charge in [-0.05, 0) is 24.9 Å². The Bertz CT molecular complexity index is 856. The van der Waals surface area contributed by atoms with Crippen LogP contribution >= 0.6 is 0 Å². The molecule has 3 aromatic rings. The third kappa shape index (κ3) is 3.27. The van der Waals surface area contributed by atoms with Crippen molar-refractivity contribution in [2.24, 2.45) is 0 Å². The lowest BCUT2D eigenvalue weighted by Crippen LogP contribution is -2.25. The third-order valence-electron chi connectivity index (χ3n) is 5.03. The Morgan fingerprint density at radius 1 is 1.04 bits per heavy atom. The molecule has 1 atom stereocenters. The summed E-state index contributed by atoms with van der Waals surface area (Å²) < 4.78 is 2.10. The number of likely N-dealkylation sites (tertiary alicyclic amines) is 1. The van der Waals surface area contributed by atoms with Gasteiger partial charge in [-0.1, -0.05) is 44.2 Å². The summed E-state index contributed by atoms with van der Waals surface area (Å²) in [6.07, 6.45) is 9.74. The Morgan fingerprint density at radius 3 is 2.65 bits per heavy atom. The van der Waals surface area contributed by atoms with Gasteiger partial charge in [0.2, 0.25) is 0 Å². The van der Waals surface area contributed by atoms with E-state index in [9.17, 15) is 0 Å². The lowest BCUT2D eigenvalue weighted by molar-refractivity contribution is 0.243. The van der Waals surface area contributed by atoms with Gasteiger partial charge < -0.3 is 0 Å². The van der Waals surface area contributed by atoms with Crippen molar-refractivity contribution >= 4 is 0 Å². The van der Waals surface area contributed by atoms with Crippen molar-refractivity contribution in [2.45, 2.75) is 45.2 Å². The Morgan fingerprint density at radius 2 is 1.85 bits per heavy atom. The van der Waals surface area contributed by atoms with E-state index in [1.54, 1.807) is 6.20 Å². The van der Waals surface area contributed by atoms with Crippen molar-refractivity contribution in [3.8, 4) is 5.82 Å². The second kappa shape index (κ2) is 7.38. The monoisotopic (exact) mass is 347 g/mol. The number of rotatable bonds is 5. The van der Waals surface area contributed by atoms with E-state index in [4.69, 9.17) is 4.98 Å². The number of benzene rings is 1. The molecule has 0 aliphatic carbocycles. The van der Waals surface area contributed by atoms with Gasteiger partial charge in [0, 0.05) is 37.3 Å². The zero-order valence-corrected chi connectivity index (χ0v) is 15.4. The minimum Gasteiger partial charge on any atom is -0.290 e. The van der Waals surface area contributed by atoms with Crippen molar-refractivity contribution in [1.29, 1.82) is 0 Å². The molecule has 1 saturated heterocycles. The van der Waals surface area contributed by atoms with Crippen LogP contribution in [-0.2, 0) is 6.54 Å². The van der Waals surface area contributed by atoms with Crippen LogP contribution in [0.3, 0.4) is 0 Å². The van der Waals surface area contributed by atoms with Gasteiger partial charge in [-0.25, -0.2) is 9.97 Å². The standard InChI is InChI=1S/C21H25N5/c1-16(2)20-24-12-14-26(20)21-19(22-10-11-23-21)18-9-6-13-25(18)15-17-7-4-3-5-8-17/h3-5,7-8,10-12,14,16,18H,6,9,13,15H2,1-2H3. The predicted octanol–water partition coefficient (Wildman–Crippen LogP) is 4.12. The van der Waals surface area contributed by atoms with Crippen molar-refractivity contribution < 1.29 is 0 Å². The summed E-state index contributed by atoms with van der Waals surface area (Å²) in [4.78, 5) is 16.5. The molecule has 1 fully saturated rings. The van der Waals surface area contributed by atoms with Crippen LogP contribution < -0.4 is 0 Å². The highest BCUT2D eigenvalue weighted by atomic mass is 15.2. The largest absolute Gasteiger partial charge is 0.290 e. The molecule has 0 saturated carbocycles. The van der Waals surface area contributed by atoms with E-state index in [1.807, 2.05) is 18.6 Å². The minimum absolute atomic E-state index is 0.293. The highest BCUT2D eigenvalue weighted by Gasteiger charge is 2.30. The maximum atomic E-state index is 4.76. The maximum absolute atomic E-state index is 4.76. The van der Waals surface area contributed by atoms with E-state index in [2.05, 4.69) is 63.6 Å². The average Bonchev–Trinajstić information content (AvgIpc) is 3.32. The van der Waals surface area contributed by atoms with Crippen LogP contribution in [0.2, 0.25) is 0 Å². The first-order chi connectivity index (χ1) is 12.7. The SMILES string of the molecule is CC(C)c1nccn1-c1nccnc1C1CCCN1Cc1ccccc1. The van der Waals surface area contributed by atoms with Gasteiger partial charge in [-0.3, -0.25) is 14.5 Å². The van der Waals surface area contributed by atoms with Crippen LogP contribution in [0.25, 0.3) is 5.82 Å². The Hall–Kier alpha value is -2.53. The fraction of sp³-hybridized carbons (Fsp3) is 0.381. The molecule has 0 spiro atoms. The summed E-state index contributed by atoms with van der Waals surface area (Å²) in [7, 11) is 0. The highest BCUT2D eigenvalue weighted by molar-refractivity contribution is 5.33. The topological polar surface area (TPSA) is 46.8 Å². The van der Waals surface area contributed by atoms with Crippen LogP contribution in [0.5, 0.6) is 0 Å². The molecule has 0 radical (unpaired) electrons. The molecule has 5 nitrogen and oxygen atoms in total. The summed E-state index contributed by atoms with van der Waals surface area (Å²) in [5, 5.41) is 0. The molecule has 3 heterocycles. The Kier molecular flexibility index (Phi) is 4.80. The van der Waals surface area contributed by atoms with Crippen molar-refractivity contribution in [1.82, 2.24) is 24.4 Å². The Balaban J connectivity index is 1.68. The zero-order chi connectivity index (χ0) is 17.9. The Labute approximate surface area is 154 Å². The van der Waals surface area contributed by atoms with Crippen LogP contribution in [0.15, 0.2) is 55.1 Å². The second-order valence-electron chi connectivity index (χ2n) is 7.19. The number of nitrogens with zero attached hydrogens (tertiary/aromatic N) is 5. The van der Waals surface area contributed by atoms with Gasteiger partial charge in [0.25, 0.3) is 0 Å². The smallest absolute Gasteiger partial charge is 0.161 e. The summed E-state index contributed by atoms with van der Waals surface area (Å²) in [5.74, 6) is 2.28. The van der Waals surface area contributed by atoms with Crippen LogP contribution in [0.1, 0.15) is 55.7 Å². The van der Waals surface area contributed by atoms with Crippen LogP contribution in [-0.4, -0.2) is 31.0 Å². The first kappa shape index (κ1) is 16.9. The molecule has 1 aliphatic rings. The fourth-order valence-corrected chi connectivity index (χ4v) is 3.83. The molecule has 2 aromatic heterocycles. The van der Waals surface area contributed by atoms with Gasteiger partial charge in [0.1, 0.15) is 11.5 Å². The zero-order valence-electron chi connectivity index (χ0n) is 15.4. The molecule has 0 amide bonds. The molecule has 0 bridgehead atoms. The molecule has 134 valence electrons. The van der Waals surface area contributed by atoms with E-state index in [-0.39, 0.29) is 0 Å². The van der Waals surface area contributed by atoms with Gasteiger partial charge in [0.05, 0.1) is 6.04 Å². The van der Waals surface area contributed by atoms with Gasteiger partial charge in [-0.2, -0.15) is 0 Å².